The van der Waals surface area contributed by atoms with Gasteiger partial charge in [0, 0.05) is 21.5 Å². The van der Waals surface area contributed by atoms with Crippen molar-refractivity contribution in [2.45, 2.75) is 79.1 Å². The summed E-state index contributed by atoms with van der Waals surface area (Å²) >= 11 is 6.68. The Morgan fingerprint density at radius 3 is 1.68 bits per heavy atom. The van der Waals surface area contributed by atoms with E-state index in [1.807, 2.05) is 36.4 Å². The number of esters is 2. The van der Waals surface area contributed by atoms with E-state index in [9.17, 15) is 9.59 Å². The lowest BCUT2D eigenvalue weighted by molar-refractivity contribution is -0.148. The summed E-state index contributed by atoms with van der Waals surface area (Å²) in [5.74, 6) is 0.870. The smallest absolute Gasteiger partial charge is 0.344 e. The molecule has 0 amide bonds. The molecule has 41 heavy (non-hydrogen) atoms. The van der Waals surface area contributed by atoms with E-state index in [-0.39, 0.29) is 13.2 Å². The Morgan fingerprint density at radius 2 is 1.17 bits per heavy atom. The van der Waals surface area contributed by atoms with Crippen molar-refractivity contribution in [2.24, 2.45) is 11.8 Å². The lowest BCUT2D eigenvalue weighted by Gasteiger charge is -2.19. The number of rotatable bonds is 18. The Bertz CT molecular complexity index is 1270. The van der Waals surface area contributed by atoms with E-state index >= 15 is 0 Å². The molecule has 0 fully saturated rings. The van der Waals surface area contributed by atoms with Gasteiger partial charge in [0.25, 0.3) is 0 Å². The first-order valence-corrected chi connectivity index (χ1v) is 15.5. The molecule has 0 spiro atoms. The zero-order chi connectivity index (χ0) is 29.6. The van der Waals surface area contributed by atoms with Gasteiger partial charge < -0.3 is 18.9 Å². The molecule has 2 atom stereocenters. The third-order valence-corrected chi connectivity index (χ3v) is 7.93. The molecule has 0 saturated carbocycles. The van der Waals surface area contributed by atoms with Crippen LogP contribution in [-0.2, 0) is 19.1 Å². The highest BCUT2D eigenvalue weighted by molar-refractivity contribution is 6.37. The maximum Gasteiger partial charge on any atom is 0.344 e. The van der Waals surface area contributed by atoms with Gasteiger partial charge in [-0.15, -0.1) is 0 Å². The van der Waals surface area contributed by atoms with E-state index in [4.69, 9.17) is 30.5 Å². The van der Waals surface area contributed by atoms with E-state index in [0.29, 0.717) is 52.3 Å². The third-order valence-electron chi connectivity index (χ3n) is 7.62. The quantitative estimate of drug-likeness (QED) is 0.110. The van der Waals surface area contributed by atoms with Crippen molar-refractivity contribution in [3.8, 4) is 11.5 Å². The summed E-state index contributed by atoms with van der Waals surface area (Å²) in [4.78, 5) is 25.3. The third kappa shape index (κ3) is 9.26. The molecule has 0 aromatic heterocycles. The van der Waals surface area contributed by atoms with Crippen LogP contribution in [0.15, 0.2) is 42.5 Å². The molecule has 0 heterocycles. The van der Waals surface area contributed by atoms with Crippen LogP contribution < -0.4 is 9.47 Å². The van der Waals surface area contributed by atoms with Crippen LogP contribution in [0.2, 0.25) is 5.02 Å². The van der Waals surface area contributed by atoms with Crippen LogP contribution in [0.5, 0.6) is 11.5 Å². The summed E-state index contributed by atoms with van der Waals surface area (Å²) in [5.41, 5.74) is 0. The maximum atomic E-state index is 12.6. The molecule has 3 aromatic carbocycles. The molecule has 0 radical (unpaired) electrons. The summed E-state index contributed by atoms with van der Waals surface area (Å²) in [6, 6.07) is 13.0. The first kappa shape index (κ1) is 32.5. The van der Waals surface area contributed by atoms with Gasteiger partial charge in [0.1, 0.15) is 11.5 Å². The van der Waals surface area contributed by atoms with E-state index in [1.165, 1.54) is 0 Å². The lowest BCUT2D eigenvalue weighted by atomic mass is 10.0. The van der Waals surface area contributed by atoms with E-state index in [2.05, 4.69) is 27.7 Å². The fourth-order valence-electron chi connectivity index (χ4n) is 4.97. The predicted octanol–water partition coefficient (Wildman–Crippen LogP) is 8.92. The molecule has 0 bridgehead atoms. The number of ether oxygens (including phenoxy) is 4. The number of hydrogen-bond donors (Lipinski definition) is 0. The van der Waals surface area contributed by atoms with Crippen LogP contribution >= 0.6 is 11.6 Å². The summed E-state index contributed by atoms with van der Waals surface area (Å²) in [5, 5.41) is 3.23. The van der Waals surface area contributed by atoms with E-state index in [1.54, 1.807) is 6.07 Å². The molecule has 0 aliphatic carbocycles. The van der Waals surface area contributed by atoms with Crippen molar-refractivity contribution in [3.63, 3.8) is 0 Å². The first-order chi connectivity index (χ1) is 19.9. The average Bonchev–Trinajstić information content (AvgIpc) is 2.99. The summed E-state index contributed by atoms with van der Waals surface area (Å²) in [6.07, 6.45) is 8.49. The molecule has 2 unspecified atom stereocenters. The van der Waals surface area contributed by atoms with Crippen molar-refractivity contribution in [1.82, 2.24) is 0 Å². The fourth-order valence-corrected chi connectivity index (χ4v) is 5.23. The van der Waals surface area contributed by atoms with Crippen LogP contribution in [0.3, 0.4) is 0 Å². The summed E-state index contributed by atoms with van der Waals surface area (Å²) in [7, 11) is 0. The highest BCUT2D eigenvalue weighted by Gasteiger charge is 2.21. The Kier molecular flexibility index (Phi) is 13.5. The topological polar surface area (TPSA) is 71.1 Å². The SMILES string of the molecule is CCCCC(CC)COC(=O)COc1c2ccccc2c(OCC(=O)OCC(CC)CCCC)c2c(Cl)cccc12. The van der Waals surface area contributed by atoms with Gasteiger partial charge in [0.15, 0.2) is 13.2 Å². The van der Waals surface area contributed by atoms with Gasteiger partial charge >= 0.3 is 11.9 Å². The number of hydrogen-bond acceptors (Lipinski definition) is 6. The normalized spacial score (nSPS) is 12.7. The van der Waals surface area contributed by atoms with Crippen LogP contribution in [0.1, 0.15) is 79.1 Å². The highest BCUT2D eigenvalue weighted by Crippen LogP contribution is 2.45. The second-order valence-corrected chi connectivity index (χ2v) is 11.0. The standard InChI is InChI=1S/C34H45ClO6/c1-5-9-14-24(7-3)20-38-30(36)22-40-33-26-16-11-12-17-27(26)34(32-28(33)18-13-19-29(32)35)41-23-31(37)39-21-25(8-4)15-10-6-2/h11-13,16-19,24-25H,5-10,14-15,20-23H2,1-4H3. The van der Waals surface area contributed by atoms with Gasteiger partial charge in [-0.3, -0.25) is 0 Å². The monoisotopic (exact) mass is 584 g/mol. The zero-order valence-electron chi connectivity index (χ0n) is 25.0. The first-order valence-electron chi connectivity index (χ1n) is 15.1. The Hall–Kier alpha value is -2.99. The maximum absolute atomic E-state index is 12.6. The van der Waals surface area contributed by atoms with Crippen molar-refractivity contribution >= 4 is 45.1 Å². The molecule has 3 rings (SSSR count). The lowest BCUT2D eigenvalue weighted by Crippen LogP contribution is -2.20. The van der Waals surface area contributed by atoms with Gasteiger partial charge in [-0.05, 0) is 30.7 Å². The zero-order valence-corrected chi connectivity index (χ0v) is 25.8. The van der Waals surface area contributed by atoms with Crippen LogP contribution in [-0.4, -0.2) is 38.4 Å². The molecule has 0 N–H and O–H groups in total. The van der Waals surface area contributed by atoms with Gasteiger partial charge in [-0.2, -0.15) is 0 Å². The van der Waals surface area contributed by atoms with Crippen molar-refractivity contribution < 1.29 is 28.5 Å². The molecular formula is C34H45ClO6. The molecule has 0 aliphatic heterocycles. The van der Waals surface area contributed by atoms with Gasteiger partial charge in [0.05, 0.1) is 18.2 Å². The number of unbranched alkanes of at least 4 members (excludes halogenated alkanes) is 2. The second kappa shape index (κ2) is 17.1. The average molecular weight is 585 g/mol. The molecule has 0 aliphatic rings. The highest BCUT2D eigenvalue weighted by atomic mass is 35.5. The summed E-state index contributed by atoms with van der Waals surface area (Å²) in [6.45, 7) is 8.87. The Balaban J connectivity index is 1.80. The second-order valence-electron chi connectivity index (χ2n) is 10.6. The Morgan fingerprint density at radius 1 is 0.683 bits per heavy atom. The van der Waals surface area contributed by atoms with Crippen molar-refractivity contribution in [2.75, 3.05) is 26.4 Å². The van der Waals surface area contributed by atoms with Crippen LogP contribution in [0.25, 0.3) is 21.5 Å². The number of halogens is 1. The van der Waals surface area contributed by atoms with E-state index in [0.717, 1.165) is 62.1 Å². The minimum atomic E-state index is -0.420. The number of carbonyl (C=O) groups is 2. The van der Waals surface area contributed by atoms with Gasteiger partial charge in [0.2, 0.25) is 0 Å². The van der Waals surface area contributed by atoms with Crippen LogP contribution in [0, 0.1) is 11.8 Å². The molecule has 7 heteroatoms. The molecule has 224 valence electrons. The molecule has 0 saturated heterocycles. The molecule has 3 aromatic rings. The van der Waals surface area contributed by atoms with E-state index < -0.39 is 11.9 Å². The predicted molar refractivity (Wildman–Crippen MR) is 166 cm³/mol. The van der Waals surface area contributed by atoms with Crippen molar-refractivity contribution in [3.05, 3.63) is 47.5 Å². The number of carbonyl (C=O) groups excluding carboxylic acids is 2. The Labute approximate surface area is 249 Å². The van der Waals surface area contributed by atoms with Gasteiger partial charge in [-0.1, -0.05) is 114 Å². The van der Waals surface area contributed by atoms with Gasteiger partial charge in [-0.25, -0.2) is 9.59 Å². The minimum Gasteiger partial charge on any atom is -0.481 e. The summed E-state index contributed by atoms with van der Waals surface area (Å²) < 4.78 is 23.3. The minimum absolute atomic E-state index is 0.223. The number of fused-ring (bicyclic) bond motifs is 2. The molecular weight excluding hydrogens is 540 g/mol. The van der Waals surface area contributed by atoms with Crippen LogP contribution in [0.4, 0.5) is 0 Å². The fraction of sp³-hybridized carbons (Fsp3) is 0.529. The van der Waals surface area contributed by atoms with Crippen molar-refractivity contribution in [1.29, 1.82) is 0 Å². The largest absolute Gasteiger partial charge is 0.481 e. The number of benzene rings is 3. The molecule has 6 nitrogen and oxygen atoms in total.